The van der Waals surface area contributed by atoms with Crippen LogP contribution in [-0.2, 0) is 6.54 Å². The monoisotopic (exact) mass is 274 g/mol. The first-order valence-corrected chi connectivity index (χ1v) is 8.07. The maximum atomic E-state index is 3.75. The minimum atomic E-state index is 0.627. The Labute approximate surface area is 124 Å². The highest BCUT2D eigenvalue weighted by atomic mass is 15.2. The SMILES string of the molecule is CC(C)C[C@H]1CN[C@@H](C(C)C)CN1Cc1ccccc1. The van der Waals surface area contributed by atoms with Crippen LogP contribution in [-0.4, -0.2) is 30.1 Å². The molecule has 1 saturated heterocycles. The van der Waals surface area contributed by atoms with Gasteiger partial charge in [-0.15, -0.1) is 0 Å². The summed E-state index contributed by atoms with van der Waals surface area (Å²) in [5, 5.41) is 3.75. The summed E-state index contributed by atoms with van der Waals surface area (Å²) in [6.45, 7) is 12.7. The van der Waals surface area contributed by atoms with Crippen LogP contribution in [0.15, 0.2) is 30.3 Å². The lowest BCUT2D eigenvalue weighted by atomic mass is 9.94. The fourth-order valence-corrected chi connectivity index (χ4v) is 3.12. The summed E-state index contributed by atoms with van der Waals surface area (Å²) in [6, 6.07) is 12.2. The summed E-state index contributed by atoms with van der Waals surface area (Å²) in [6.07, 6.45) is 1.28. The molecule has 112 valence electrons. The van der Waals surface area contributed by atoms with Gasteiger partial charge in [-0.2, -0.15) is 0 Å². The molecule has 0 saturated carbocycles. The van der Waals surface area contributed by atoms with E-state index in [2.05, 4.69) is 68.2 Å². The van der Waals surface area contributed by atoms with Crippen molar-refractivity contribution in [2.75, 3.05) is 13.1 Å². The molecule has 1 aromatic carbocycles. The van der Waals surface area contributed by atoms with Crippen molar-refractivity contribution in [3.8, 4) is 0 Å². The normalized spacial score (nSPS) is 24.5. The Hall–Kier alpha value is -0.860. The molecule has 0 amide bonds. The Balaban J connectivity index is 2.05. The second-order valence-electron chi connectivity index (χ2n) is 6.96. The van der Waals surface area contributed by atoms with Gasteiger partial charge in [0.25, 0.3) is 0 Å². The van der Waals surface area contributed by atoms with Gasteiger partial charge in [0, 0.05) is 31.7 Å². The minimum absolute atomic E-state index is 0.627. The topological polar surface area (TPSA) is 15.3 Å². The molecule has 1 fully saturated rings. The molecule has 0 unspecified atom stereocenters. The van der Waals surface area contributed by atoms with Crippen LogP contribution >= 0.6 is 0 Å². The van der Waals surface area contributed by atoms with Crippen molar-refractivity contribution in [3.05, 3.63) is 35.9 Å². The second-order valence-corrected chi connectivity index (χ2v) is 6.96. The average Bonchev–Trinajstić information content (AvgIpc) is 2.41. The Bertz CT molecular complexity index is 386. The van der Waals surface area contributed by atoms with Crippen molar-refractivity contribution in [2.24, 2.45) is 11.8 Å². The molecule has 0 bridgehead atoms. The second kappa shape index (κ2) is 7.24. The average molecular weight is 274 g/mol. The maximum Gasteiger partial charge on any atom is 0.0237 e. The first-order valence-electron chi connectivity index (χ1n) is 8.07. The standard InChI is InChI=1S/C18H30N2/c1-14(2)10-17-11-19-18(15(3)4)13-20(17)12-16-8-6-5-7-9-16/h5-9,14-15,17-19H,10-13H2,1-4H3/t17-,18+/m0/s1. The number of hydrogen-bond acceptors (Lipinski definition) is 2. The summed E-state index contributed by atoms with van der Waals surface area (Å²) in [4.78, 5) is 2.69. The zero-order valence-corrected chi connectivity index (χ0v) is 13.5. The van der Waals surface area contributed by atoms with E-state index in [1.54, 1.807) is 0 Å². The molecule has 0 radical (unpaired) electrons. The van der Waals surface area contributed by atoms with Gasteiger partial charge in [-0.05, 0) is 23.8 Å². The summed E-state index contributed by atoms with van der Waals surface area (Å²) in [7, 11) is 0. The Kier molecular flexibility index (Phi) is 5.62. The minimum Gasteiger partial charge on any atom is -0.311 e. The van der Waals surface area contributed by atoms with Gasteiger partial charge in [-0.25, -0.2) is 0 Å². The van der Waals surface area contributed by atoms with Gasteiger partial charge in [0.1, 0.15) is 0 Å². The third kappa shape index (κ3) is 4.32. The van der Waals surface area contributed by atoms with Gasteiger partial charge in [0.15, 0.2) is 0 Å². The number of piperazine rings is 1. The molecule has 20 heavy (non-hydrogen) atoms. The Morgan fingerprint density at radius 2 is 1.85 bits per heavy atom. The van der Waals surface area contributed by atoms with E-state index in [4.69, 9.17) is 0 Å². The van der Waals surface area contributed by atoms with Crippen LogP contribution in [0.1, 0.15) is 39.7 Å². The molecule has 1 heterocycles. The Morgan fingerprint density at radius 3 is 2.45 bits per heavy atom. The molecule has 2 nitrogen and oxygen atoms in total. The van der Waals surface area contributed by atoms with Crippen molar-refractivity contribution in [3.63, 3.8) is 0 Å². The van der Waals surface area contributed by atoms with Crippen molar-refractivity contribution in [2.45, 2.75) is 52.7 Å². The van der Waals surface area contributed by atoms with E-state index in [1.165, 1.54) is 18.5 Å². The fraction of sp³-hybridized carbons (Fsp3) is 0.667. The molecular formula is C18H30N2. The van der Waals surface area contributed by atoms with Gasteiger partial charge in [-0.1, -0.05) is 58.0 Å². The van der Waals surface area contributed by atoms with Gasteiger partial charge in [0.05, 0.1) is 0 Å². The van der Waals surface area contributed by atoms with Gasteiger partial charge >= 0.3 is 0 Å². The third-order valence-corrected chi connectivity index (χ3v) is 4.34. The molecule has 0 spiro atoms. The van der Waals surface area contributed by atoms with Gasteiger partial charge in [0.2, 0.25) is 0 Å². The fourth-order valence-electron chi connectivity index (χ4n) is 3.12. The smallest absolute Gasteiger partial charge is 0.0237 e. The quantitative estimate of drug-likeness (QED) is 0.883. The molecule has 0 aromatic heterocycles. The van der Waals surface area contributed by atoms with E-state index in [-0.39, 0.29) is 0 Å². The number of nitrogens with zero attached hydrogens (tertiary/aromatic N) is 1. The first kappa shape index (κ1) is 15.5. The maximum absolute atomic E-state index is 3.75. The predicted octanol–water partition coefficient (Wildman–Crippen LogP) is 3.53. The summed E-state index contributed by atoms with van der Waals surface area (Å²) >= 11 is 0. The number of rotatable bonds is 5. The molecular weight excluding hydrogens is 244 g/mol. The molecule has 1 N–H and O–H groups in total. The van der Waals surface area contributed by atoms with Crippen LogP contribution < -0.4 is 5.32 Å². The van der Waals surface area contributed by atoms with E-state index in [9.17, 15) is 0 Å². The van der Waals surface area contributed by atoms with E-state index in [0.717, 1.165) is 19.0 Å². The highest BCUT2D eigenvalue weighted by Gasteiger charge is 2.29. The largest absolute Gasteiger partial charge is 0.311 e. The number of hydrogen-bond donors (Lipinski definition) is 1. The molecule has 0 aliphatic carbocycles. The lowest BCUT2D eigenvalue weighted by Crippen LogP contribution is -2.57. The van der Waals surface area contributed by atoms with Crippen molar-refractivity contribution < 1.29 is 0 Å². The van der Waals surface area contributed by atoms with Gasteiger partial charge < -0.3 is 5.32 Å². The third-order valence-electron chi connectivity index (χ3n) is 4.34. The van der Waals surface area contributed by atoms with E-state index < -0.39 is 0 Å². The van der Waals surface area contributed by atoms with Crippen LogP contribution in [0.4, 0.5) is 0 Å². The van der Waals surface area contributed by atoms with E-state index in [1.807, 2.05) is 0 Å². The Morgan fingerprint density at radius 1 is 1.15 bits per heavy atom. The summed E-state index contributed by atoms with van der Waals surface area (Å²) in [5.74, 6) is 1.46. The van der Waals surface area contributed by atoms with E-state index in [0.29, 0.717) is 18.0 Å². The highest BCUT2D eigenvalue weighted by molar-refractivity contribution is 5.15. The van der Waals surface area contributed by atoms with Crippen molar-refractivity contribution in [1.82, 2.24) is 10.2 Å². The number of nitrogens with one attached hydrogen (secondary N) is 1. The molecule has 1 aromatic rings. The summed E-state index contributed by atoms with van der Waals surface area (Å²) < 4.78 is 0. The van der Waals surface area contributed by atoms with Crippen LogP contribution in [0.25, 0.3) is 0 Å². The molecule has 2 heteroatoms. The van der Waals surface area contributed by atoms with Crippen LogP contribution in [0.3, 0.4) is 0 Å². The molecule has 2 rings (SSSR count). The molecule has 1 aliphatic heterocycles. The zero-order valence-electron chi connectivity index (χ0n) is 13.5. The first-order chi connectivity index (χ1) is 9.56. The summed E-state index contributed by atoms with van der Waals surface area (Å²) in [5.41, 5.74) is 1.44. The van der Waals surface area contributed by atoms with Crippen LogP contribution in [0.2, 0.25) is 0 Å². The van der Waals surface area contributed by atoms with E-state index >= 15 is 0 Å². The number of benzene rings is 1. The molecule has 2 atom stereocenters. The lowest BCUT2D eigenvalue weighted by Gasteiger charge is -2.42. The lowest BCUT2D eigenvalue weighted by molar-refractivity contribution is 0.0924. The predicted molar refractivity (Wildman–Crippen MR) is 86.7 cm³/mol. The molecule has 1 aliphatic rings. The van der Waals surface area contributed by atoms with Crippen molar-refractivity contribution >= 4 is 0 Å². The zero-order chi connectivity index (χ0) is 14.5. The van der Waals surface area contributed by atoms with Crippen LogP contribution in [0, 0.1) is 11.8 Å². The van der Waals surface area contributed by atoms with Gasteiger partial charge in [-0.3, -0.25) is 4.90 Å². The highest BCUT2D eigenvalue weighted by Crippen LogP contribution is 2.20. The van der Waals surface area contributed by atoms with Crippen molar-refractivity contribution in [1.29, 1.82) is 0 Å². The van der Waals surface area contributed by atoms with Crippen LogP contribution in [0.5, 0.6) is 0 Å².